The van der Waals surface area contributed by atoms with Gasteiger partial charge in [0.1, 0.15) is 0 Å². The molecule has 1 amide bonds. The van der Waals surface area contributed by atoms with Crippen molar-refractivity contribution in [2.45, 2.75) is 6.92 Å². The topological polar surface area (TPSA) is 89.5 Å². The lowest BCUT2D eigenvalue weighted by atomic mass is 10.1. The number of carbonyl (C=O) groups excluding carboxylic acids is 1. The summed E-state index contributed by atoms with van der Waals surface area (Å²) in [6, 6.07) is 11.1. The molecule has 0 aliphatic rings. The highest BCUT2D eigenvalue weighted by Crippen LogP contribution is 2.31. The van der Waals surface area contributed by atoms with Gasteiger partial charge in [-0.25, -0.2) is 0 Å². The number of carbonyl (C=O) groups is 1. The summed E-state index contributed by atoms with van der Waals surface area (Å²) in [5, 5.41) is 10.8. The molecule has 2 aromatic carbocycles. The highest BCUT2D eigenvalue weighted by molar-refractivity contribution is 9.10. The van der Waals surface area contributed by atoms with Crippen LogP contribution < -0.4 is 10.6 Å². The van der Waals surface area contributed by atoms with Crippen molar-refractivity contribution in [1.29, 1.82) is 0 Å². The summed E-state index contributed by atoms with van der Waals surface area (Å²) in [5.74, 6) is -0.254. The third-order valence-electron chi connectivity index (χ3n) is 3.19. The average molecular weight is 364 g/mol. The van der Waals surface area contributed by atoms with Gasteiger partial charge in [0.2, 0.25) is 0 Å². The zero-order chi connectivity index (χ0) is 16.3. The summed E-state index contributed by atoms with van der Waals surface area (Å²) in [5.41, 5.74) is 7.15. The average Bonchev–Trinajstić information content (AvgIpc) is 2.49. The van der Waals surface area contributed by atoms with E-state index in [2.05, 4.69) is 15.9 Å². The van der Waals surface area contributed by atoms with Crippen molar-refractivity contribution in [3.63, 3.8) is 0 Å². The fourth-order valence-corrected chi connectivity index (χ4v) is 2.67. The number of benzene rings is 2. The summed E-state index contributed by atoms with van der Waals surface area (Å²) in [4.78, 5) is 24.5. The van der Waals surface area contributed by atoms with E-state index in [-0.39, 0.29) is 11.6 Å². The first-order valence-electron chi connectivity index (χ1n) is 6.56. The number of anilines is 2. The summed E-state index contributed by atoms with van der Waals surface area (Å²) < 4.78 is 0.478. The van der Waals surface area contributed by atoms with Gasteiger partial charge in [0.25, 0.3) is 11.6 Å². The van der Waals surface area contributed by atoms with E-state index in [1.165, 1.54) is 17.0 Å². The van der Waals surface area contributed by atoms with Crippen molar-refractivity contribution >= 4 is 38.9 Å². The molecular formula is C15H14BrN3O3. The molecule has 0 aliphatic heterocycles. The Hall–Kier alpha value is -2.41. The van der Waals surface area contributed by atoms with Crippen LogP contribution >= 0.6 is 15.9 Å². The second-order valence-corrected chi connectivity index (χ2v) is 5.38. The Morgan fingerprint density at radius 2 is 2.00 bits per heavy atom. The second kappa shape index (κ2) is 6.57. The van der Waals surface area contributed by atoms with Crippen LogP contribution in [0.15, 0.2) is 46.9 Å². The molecule has 0 fully saturated rings. The van der Waals surface area contributed by atoms with Crippen molar-refractivity contribution in [2.24, 2.45) is 0 Å². The summed E-state index contributed by atoms with van der Waals surface area (Å²) in [6.07, 6.45) is 0. The monoisotopic (exact) mass is 363 g/mol. The smallest absolute Gasteiger partial charge is 0.270 e. The number of nitrogens with zero attached hydrogens (tertiary/aromatic N) is 2. The van der Waals surface area contributed by atoms with Crippen LogP contribution in [0.5, 0.6) is 0 Å². The SMILES string of the molecule is CCN(C(=O)c1ccccc1N)c1ccc([N+](=O)[O-])cc1Br. The Labute approximate surface area is 135 Å². The number of non-ortho nitro benzene ring substituents is 1. The van der Waals surface area contributed by atoms with Gasteiger partial charge in [0.15, 0.2) is 0 Å². The van der Waals surface area contributed by atoms with Gasteiger partial charge < -0.3 is 10.6 Å². The Bertz CT molecular complexity index is 734. The van der Waals surface area contributed by atoms with Crippen LogP contribution in [0.25, 0.3) is 0 Å². The van der Waals surface area contributed by atoms with E-state index >= 15 is 0 Å². The molecule has 0 saturated carbocycles. The van der Waals surface area contributed by atoms with Gasteiger partial charge in [-0.15, -0.1) is 0 Å². The lowest BCUT2D eigenvalue weighted by molar-refractivity contribution is -0.384. The Morgan fingerprint density at radius 1 is 1.32 bits per heavy atom. The zero-order valence-corrected chi connectivity index (χ0v) is 13.4. The largest absolute Gasteiger partial charge is 0.398 e. The summed E-state index contributed by atoms with van der Waals surface area (Å²) in [7, 11) is 0. The minimum Gasteiger partial charge on any atom is -0.398 e. The molecule has 0 radical (unpaired) electrons. The molecule has 114 valence electrons. The number of para-hydroxylation sites is 1. The van der Waals surface area contributed by atoms with E-state index in [4.69, 9.17) is 5.73 Å². The zero-order valence-electron chi connectivity index (χ0n) is 11.8. The van der Waals surface area contributed by atoms with Crippen LogP contribution in [0, 0.1) is 10.1 Å². The molecular weight excluding hydrogens is 350 g/mol. The number of nitrogens with two attached hydrogens (primary N) is 1. The van der Waals surface area contributed by atoms with E-state index in [9.17, 15) is 14.9 Å². The van der Waals surface area contributed by atoms with Gasteiger partial charge in [0, 0.05) is 28.8 Å². The van der Waals surface area contributed by atoms with Crippen LogP contribution in [-0.2, 0) is 0 Å². The van der Waals surface area contributed by atoms with Crippen LogP contribution in [0.1, 0.15) is 17.3 Å². The predicted octanol–water partition coefficient (Wildman–Crippen LogP) is 3.61. The lowest BCUT2D eigenvalue weighted by Crippen LogP contribution is -2.31. The molecule has 22 heavy (non-hydrogen) atoms. The van der Waals surface area contributed by atoms with Crippen LogP contribution in [0.3, 0.4) is 0 Å². The molecule has 6 nitrogen and oxygen atoms in total. The number of nitro groups is 1. The molecule has 0 aliphatic carbocycles. The molecule has 0 spiro atoms. The van der Waals surface area contributed by atoms with Crippen molar-refractivity contribution < 1.29 is 9.72 Å². The first-order valence-corrected chi connectivity index (χ1v) is 7.35. The molecule has 2 aromatic rings. The summed E-state index contributed by atoms with van der Waals surface area (Å²) in [6.45, 7) is 2.23. The number of rotatable bonds is 4. The van der Waals surface area contributed by atoms with E-state index < -0.39 is 4.92 Å². The Morgan fingerprint density at radius 3 is 2.55 bits per heavy atom. The fourth-order valence-electron chi connectivity index (χ4n) is 2.09. The lowest BCUT2D eigenvalue weighted by Gasteiger charge is -2.23. The van der Waals surface area contributed by atoms with Gasteiger partial charge in [-0.3, -0.25) is 14.9 Å². The van der Waals surface area contributed by atoms with Gasteiger partial charge in [-0.05, 0) is 41.1 Å². The van der Waals surface area contributed by atoms with Gasteiger partial charge in [-0.1, -0.05) is 12.1 Å². The van der Waals surface area contributed by atoms with Crippen molar-refractivity contribution in [3.05, 3.63) is 62.6 Å². The van der Waals surface area contributed by atoms with Crippen molar-refractivity contribution in [3.8, 4) is 0 Å². The maximum Gasteiger partial charge on any atom is 0.270 e. The molecule has 0 atom stereocenters. The molecule has 0 unspecified atom stereocenters. The third-order valence-corrected chi connectivity index (χ3v) is 3.82. The maximum atomic E-state index is 12.7. The number of halogens is 1. The quantitative estimate of drug-likeness (QED) is 0.510. The molecule has 2 N–H and O–H groups in total. The third kappa shape index (κ3) is 3.09. The molecule has 0 saturated heterocycles. The molecule has 7 heteroatoms. The van der Waals surface area contributed by atoms with Crippen LogP contribution in [-0.4, -0.2) is 17.4 Å². The second-order valence-electron chi connectivity index (χ2n) is 4.53. The van der Waals surface area contributed by atoms with Crippen molar-refractivity contribution in [1.82, 2.24) is 0 Å². The highest BCUT2D eigenvalue weighted by Gasteiger charge is 2.21. The Balaban J connectivity index is 2.42. The standard InChI is InChI=1S/C15H14BrN3O3/c1-2-18(15(20)11-5-3-4-6-13(11)17)14-8-7-10(19(21)22)9-12(14)16/h3-9H,2,17H2,1H3. The normalized spacial score (nSPS) is 10.3. The van der Waals surface area contributed by atoms with Gasteiger partial charge in [-0.2, -0.15) is 0 Å². The number of hydrogen-bond acceptors (Lipinski definition) is 4. The molecule has 0 bridgehead atoms. The number of nitrogen functional groups attached to an aromatic ring is 1. The highest BCUT2D eigenvalue weighted by atomic mass is 79.9. The number of hydrogen-bond donors (Lipinski definition) is 1. The van der Waals surface area contributed by atoms with Gasteiger partial charge >= 0.3 is 0 Å². The predicted molar refractivity (Wildman–Crippen MR) is 89.0 cm³/mol. The fraction of sp³-hybridized carbons (Fsp3) is 0.133. The van der Waals surface area contributed by atoms with E-state index in [1.807, 2.05) is 6.92 Å². The number of nitro benzene ring substituents is 1. The summed E-state index contributed by atoms with van der Waals surface area (Å²) >= 11 is 3.29. The van der Waals surface area contributed by atoms with E-state index in [0.29, 0.717) is 28.0 Å². The first-order chi connectivity index (χ1) is 10.5. The van der Waals surface area contributed by atoms with Crippen LogP contribution in [0.2, 0.25) is 0 Å². The molecule has 0 heterocycles. The number of amides is 1. The molecule has 2 rings (SSSR count). The van der Waals surface area contributed by atoms with E-state index in [0.717, 1.165) is 0 Å². The minimum absolute atomic E-state index is 0.0432. The molecule has 0 aromatic heterocycles. The van der Waals surface area contributed by atoms with E-state index in [1.54, 1.807) is 30.3 Å². The first kappa shape index (κ1) is 16.0. The maximum absolute atomic E-state index is 12.7. The van der Waals surface area contributed by atoms with Gasteiger partial charge in [0.05, 0.1) is 16.2 Å². The van der Waals surface area contributed by atoms with Crippen LogP contribution in [0.4, 0.5) is 17.1 Å². The minimum atomic E-state index is -0.484. The van der Waals surface area contributed by atoms with Crippen molar-refractivity contribution in [2.75, 3.05) is 17.2 Å². The Kier molecular flexibility index (Phi) is 4.77.